The van der Waals surface area contributed by atoms with Gasteiger partial charge in [0.25, 0.3) is 5.91 Å². The van der Waals surface area contributed by atoms with Crippen LogP contribution in [0.5, 0.6) is 0 Å². The van der Waals surface area contributed by atoms with Crippen molar-refractivity contribution in [3.05, 3.63) is 42.5 Å². The van der Waals surface area contributed by atoms with Crippen molar-refractivity contribution in [1.82, 2.24) is 10.6 Å². The molecule has 6 nitrogen and oxygen atoms in total. The van der Waals surface area contributed by atoms with Gasteiger partial charge >= 0.3 is 12.0 Å². The number of nitrogens with one attached hydrogen (secondary N) is 2. The molecule has 0 fully saturated rings. The van der Waals surface area contributed by atoms with E-state index in [4.69, 9.17) is 4.74 Å². The molecule has 0 bridgehead atoms. The van der Waals surface area contributed by atoms with Crippen LogP contribution < -0.4 is 10.6 Å². The fourth-order valence-electron chi connectivity index (χ4n) is 2.12. The van der Waals surface area contributed by atoms with Crippen molar-refractivity contribution < 1.29 is 19.1 Å². The molecule has 7 heteroatoms. The number of esters is 1. The second-order valence-corrected chi connectivity index (χ2v) is 7.76. The topological polar surface area (TPSA) is 84.5 Å². The van der Waals surface area contributed by atoms with Crippen molar-refractivity contribution >= 4 is 40.4 Å². The lowest BCUT2D eigenvalue weighted by atomic mass is 10.1. The summed E-state index contributed by atoms with van der Waals surface area (Å²) in [7, 11) is 0. The molecule has 0 unspecified atom stereocenters. The van der Waals surface area contributed by atoms with Crippen LogP contribution in [0.15, 0.2) is 47.4 Å². The van der Waals surface area contributed by atoms with Crippen LogP contribution in [0.2, 0.25) is 0 Å². The minimum atomic E-state index is -0.671. The van der Waals surface area contributed by atoms with Crippen LogP contribution in [0.4, 0.5) is 4.79 Å². The largest absolute Gasteiger partial charge is 0.455 e. The van der Waals surface area contributed by atoms with Gasteiger partial charge < -0.3 is 10.1 Å². The maximum atomic E-state index is 11.8. The van der Waals surface area contributed by atoms with E-state index in [0.29, 0.717) is 0 Å². The average molecular weight is 374 g/mol. The number of ether oxygens (including phenoxy) is 1. The quantitative estimate of drug-likeness (QED) is 0.621. The predicted octanol–water partition coefficient (Wildman–Crippen LogP) is 3.10. The molecule has 2 N–H and O–H groups in total. The molecular weight excluding hydrogens is 352 g/mol. The minimum Gasteiger partial charge on any atom is -0.455 e. The van der Waals surface area contributed by atoms with E-state index in [0.717, 1.165) is 15.7 Å². The van der Waals surface area contributed by atoms with Crippen LogP contribution in [0, 0.1) is 0 Å². The summed E-state index contributed by atoms with van der Waals surface area (Å²) in [6, 6.07) is 13.3. The number of hydrogen-bond acceptors (Lipinski definition) is 5. The number of amides is 3. The highest BCUT2D eigenvalue weighted by Gasteiger charge is 2.16. The smallest absolute Gasteiger partial charge is 0.321 e. The lowest BCUT2D eigenvalue weighted by molar-refractivity contribution is -0.145. The van der Waals surface area contributed by atoms with Crippen LogP contribution in [0.1, 0.15) is 20.8 Å². The van der Waals surface area contributed by atoms with Gasteiger partial charge in [-0.25, -0.2) is 4.79 Å². The van der Waals surface area contributed by atoms with Gasteiger partial charge in [0, 0.05) is 10.4 Å². The summed E-state index contributed by atoms with van der Waals surface area (Å²) in [5.41, 5.74) is -0.461. The molecule has 0 radical (unpaired) electrons. The van der Waals surface area contributed by atoms with Crippen molar-refractivity contribution in [2.24, 2.45) is 0 Å². The van der Waals surface area contributed by atoms with Crippen molar-refractivity contribution in [2.75, 3.05) is 12.4 Å². The zero-order chi connectivity index (χ0) is 19.2. The molecule has 0 spiro atoms. The van der Waals surface area contributed by atoms with Crippen molar-refractivity contribution in [2.45, 2.75) is 31.2 Å². The fraction of sp³-hybridized carbons (Fsp3) is 0.316. The number of rotatable bonds is 5. The normalized spacial score (nSPS) is 11.0. The van der Waals surface area contributed by atoms with Crippen LogP contribution in [0.25, 0.3) is 10.8 Å². The molecule has 26 heavy (non-hydrogen) atoms. The Labute approximate surface area is 156 Å². The Morgan fingerprint density at radius 2 is 1.73 bits per heavy atom. The SMILES string of the molecule is CC(C)(C)NC(=O)NC(=O)COC(=O)CSc1ccc2ccccc2c1. The van der Waals surface area contributed by atoms with Gasteiger partial charge in [-0.1, -0.05) is 30.3 Å². The van der Waals surface area contributed by atoms with Gasteiger partial charge in [-0.2, -0.15) is 0 Å². The lowest BCUT2D eigenvalue weighted by Crippen LogP contribution is -2.49. The standard InChI is InChI=1S/C19H22N2O4S/c1-19(2,3)21-18(24)20-16(22)11-25-17(23)12-26-15-9-8-13-6-4-5-7-14(13)10-15/h4-10H,11-12H2,1-3H3,(H2,20,21,22,24). The van der Waals surface area contributed by atoms with E-state index < -0.39 is 30.1 Å². The van der Waals surface area contributed by atoms with Gasteiger partial charge in [0.2, 0.25) is 0 Å². The summed E-state index contributed by atoms with van der Waals surface area (Å²) in [5, 5.41) is 6.92. The van der Waals surface area contributed by atoms with E-state index in [-0.39, 0.29) is 5.75 Å². The van der Waals surface area contributed by atoms with Gasteiger partial charge in [-0.15, -0.1) is 11.8 Å². The third-order valence-electron chi connectivity index (χ3n) is 3.18. The first-order valence-corrected chi connectivity index (χ1v) is 9.11. The summed E-state index contributed by atoms with van der Waals surface area (Å²) in [6.07, 6.45) is 0. The van der Waals surface area contributed by atoms with Crippen LogP contribution >= 0.6 is 11.8 Å². The molecule has 2 aromatic carbocycles. The molecule has 0 aliphatic rings. The van der Waals surface area contributed by atoms with Gasteiger partial charge in [0.15, 0.2) is 6.61 Å². The molecule has 2 rings (SSSR count). The Balaban J connectivity index is 1.74. The lowest BCUT2D eigenvalue weighted by Gasteiger charge is -2.20. The monoisotopic (exact) mass is 374 g/mol. The van der Waals surface area contributed by atoms with E-state index in [1.165, 1.54) is 11.8 Å². The van der Waals surface area contributed by atoms with E-state index in [9.17, 15) is 14.4 Å². The van der Waals surface area contributed by atoms with Crippen molar-refractivity contribution in [3.8, 4) is 0 Å². The number of carbonyl (C=O) groups excluding carboxylic acids is 3. The van der Waals surface area contributed by atoms with Crippen molar-refractivity contribution in [3.63, 3.8) is 0 Å². The average Bonchev–Trinajstić information content (AvgIpc) is 2.56. The number of carbonyl (C=O) groups is 3. The molecule has 0 aromatic heterocycles. The molecule has 0 saturated carbocycles. The van der Waals surface area contributed by atoms with Gasteiger partial charge in [0.1, 0.15) is 0 Å². The highest BCUT2D eigenvalue weighted by Crippen LogP contribution is 2.23. The van der Waals surface area contributed by atoms with Crippen LogP contribution in [0.3, 0.4) is 0 Å². The number of fused-ring (bicyclic) bond motifs is 1. The zero-order valence-electron chi connectivity index (χ0n) is 15.0. The van der Waals surface area contributed by atoms with Crippen LogP contribution in [-0.2, 0) is 14.3 Å². The summed E-state index contributed by atoms with van der Waals surface area (Å²) in [6.45, 7) is 4.89. The summed E-state index contributed by atoms with van der Waals surface area (Å²) >= 11 is 1.33. The highest BCUT2D eigenvalue weighted by molar-refractivity contribution is 8.00. The number of hydrogen-bond donors (Lipinski definition) is 2. The first-order chi connectivity index (χ1) is 12.2. The predicted molar refractivity (Wildman–Crippen MR) is 102 cm³/mol. The molecule has 2 aromatic rings. The molecule has 3 amide bonds. The number of imide groups is 1. The summed E-state index contributed by atoms with van der Waals surface area (Å²) < 4.78 is 4.89. The Kier molecular flexibility index (Phi) is 6.63. The zero-order valence-corrected chi connectivity index (χ0v) is 15.8. The molecule has 0 heterocycles. The van der Waals surface area contributed by atoms with Gasteiger partial charge in [-0.05, 0) is 43.7 Å². The third-order valence-corrected chi connectivity index (χ3v) is 4.15. The molecule has 138 valence electrons. The first kappa shape index (κ1) is 19.8. The Hall–Kier alpha value is -2.54. The number of urea groups is 1. The number of thioether (sulfide) groups is 1. The minimum absolute atomic E-state index is 0.0831. The fourth-order valence-corrected chi connectivity index (χ4v) is 2.86. The molecule has 0 aliphatic heterocycles. The third kappa shape index (κ3) is 6.76. The maximum absolute atomic E-state index is 11.8. The van der Waals surface area contributed by atoms with Crippen LogP contribution in [-0.4, -0.2) is 35.8 Å². The number of benzene rings is 2. The van der Waals surface area contributed by atoms with E-state index in [1.54, 1.807) is 20.8 Å². The summed E-state index contributed by atoms with van der Waals surface area (Å²) in [4.78, 5) is 35.9. The van der Waals surface area contributed by atoms with Crippen molar-refractivity contribution in [1.29, 1.82) is 0 Å². The van der Waals surface area contributed by atoms with E-state index in [2.05, 4.69) is 10.6 Å². The second kappa shape index (κ2) is 8.71. The second-order valence-electron chi connectivity index (χ2n) is 6.71. The molecule has 0 aliphatic carbocycles. The summed E-state index contributed by atoms with van der Waals surface area (Å²) in [5.74, 6) is -1.11. The van der Waals surface area contributed by atoms with Gasteiger partial charge in [0.05, 0.1) is 5.75 Å². The molecule has 0 saturated heterocycles. The van der Waals surface area contributed by atoms with E-state index in [1.807, 2.05) is 42.5 Å². The first-order valence-electron chi connectivity index (χ1n) is 8.12. The Morgan fingerprint density at radius 1 is 1.04 bits per heavy atom. The Morgan fingerprint density at radius 3 is 2.42 bits per heavy atom. The molecule has 0 atom stereocenters. The van der Waals surface area contributed by atoms with Gasteiger partial charge in [-0.3, -0.25) is 14.9 Å². The molecular formula is C19H22N2O4S. The highest BCUT2D eigenvalue weighted by atomic mass is 32.2. The Bertz CT molecular complexity index is 815. The van der Waals surface area contributed by atoms with E-state index >= 15 is 0 Å². The maximum Gasteiger partial charge on any atom is 0.321 e.